The third-order valence-electron chi connectivity index (χ3n) is 3.59. The van der Waals surface area contributed by atoms with E-state index in [9.17, 15) is 4.79 Å². The number of Topliss-reactive ketones (excluding diaryl/α,β-unsaturated/α-hetero) is 1. The smallest absolute Gasteiger partial charge is 0.196 e. The van der Waals surface area contributed by atoms with E-state index < -0.39 is 5.60 Å². The highest BCUT2D eigenvalue weighted by molar-refractivity contribution is 6.31. The minimum atomic E-state index is -0.672. The Balaban J connectivity index is 2.07. The molecule has 0 bridgehead atoms. The summed E-state index contributed by atoms with van der Waals surface area (Å²) >= 11 is 5.93. The van der Waals surface area contributed by atoms with Crippen molar-refractivity contribution in [3.8, 4) is 0 Å². The summed E-state index contributed by atoms with van der Waals surface area (Å²) in [6.45, 7) is 2.54. The van der Waals surface area contributed by atoms with Crippen molar-refractivity contribution in [2.45, 2.75) is 25.4 Å². The number of carbonyl (C=O) groups excluding carboxylic acids is 1. The second-order valence-corrected chi connectivity index (χ2v) is 5.34. The number of benzene rings is 1. The third-order valence-corrected chi connectivity index (χ3v) is 3.82. The zero-order chi connectivity index (χ0) is 12.8. The molecule has 1 fully saturated rings. The van der Waals surface area contributed by atoms with Gasteiger partial charge in [0.15, 0.2) is 5.78 Å². The van der Waals surface area contributed by atoms with E-state index in [4.69, 9.17) is 16.3 Å². The van der Waals surface area contributed by atoms with Crippen LogP contribution in [-0.4, -0.2) is 23.0 Å². The van der Waals surface area contributed by atoms with Crippen LogP contribution in [0.1, 0.15) is 30.1 Å². The SMILES string of the molecule is CC1(C(=O)c2c[nH]c3cc(Cl)ccc23)CCCO1. The number of ketones is 1. The van der Waals surface area contributed by atoms with E-state index in [1.807, 2.05) is 19.1 Å². The lowest BCUT2D eigenvalue weighted by molar-refractivity contribution is 0.0215. The van der Waals surface area contributed by atoms with Gasteiger partial charge in [0.05, 0.1) is 0 Å². The van der Waals surface area contributed by atoms with Gasteiger partial charge in [0, 0.05) is 34.3 Å². The van der Waals surface area contributed by atoms with E-state index in [2.05, 4.69) is 4.98 Å². The van der Waals surface area contributed by atoms with Crippen molar-refractivity contribution < 1.29 is 9.53 Å². The molecule has 1 saturated heterocycles. The lowest BCUT2D eigenvalue weighted by Gasteiger charge is -2.20. The molecular weight excluding hydrogens is 250 g/mol. The summed E-state index contributed by atoms with van der Waals surface area (Å²) in [6.07, 6.45) is 3.47. The van der Waals surface area contributed by atoms with Crippen LogP contribution in [0.25, 0.3) is 10.9 Å². The monoisotopic (exact) mass is 263 g/mol. The third kappa shape index (κ3) is 1.74. The van der Waals surface area contributed by atoms with Crippen LogP contribution in [0.5, 0.6) is 0 Å². The first-order valence-corrected chi connectivity index (χ1v) is 6.43. The molecule has 0 aliphatic carbocycles. The maximum atomic E-state index is 12.6. The van der Waals surface area contributed by atoms with Crippen molar-refractivity contribution in [3.05, 3.63) is 35.0 Å². The van der Waals surface area contributed by atoms with Crippen molar-refractivity contribution in [2.24, 2.45) is 0 Å². The zero-order valence-electron chi connectivity index (χ0n) is 10.1. The highest BCUT2D eigenvalue weighted by atomic mass is 35.5. The van der Waals surface area contributed by atoms with Gasteiger partial charge in [-0.1, -0.05) is 17.7 Å². The van der Waals surface area contributed by atoms with Crippen LogP contribution in [0.15, 0.2) is 24.4 Å². The fraction of sp³-hybridized carbons (Fsp3) is 0.357. The number of nitrogens with one attached hydrogen (secondary N) is 1. The minimum absolute atomic E-state index is 0.0496. The molecule has 4 heteroatoms. The van der Waals surface area contributed by atoms with Crippen molar-refractivity contribution in [1.82, 2.24) is 4.98 Å². The number of halogens is 1. The predicted octanol–water partition coefficient (Wildman–Crippen LogP) is 3.57. The molecule has 3 nitrogen and oxygen atoms in total. The Labute approximate surface area is 110 Å². The van der Waals surface area contributed by atoms with Gasteiger partial charge in [0.2, 0.25) is 0 Å². The largest absolute Gasteiger partial charge is 0.367 e. The molecule has 1 atom stereocenters. The minimum Gasteiger partial charge on any atom is -0.367 e. The van der Waals surface area contributed by atoms with E-state index in [1.165, 1.54) is 0 Å². The Morgan fingerprint density at radius 1 is 1.50 bits per heavy atom. The number of aromatic nitrogens is 1. The van der Waals surface area contributed by atoms with Crippen LogP contribution in [0, 0.1) is 0 Å². The molecule has 1 aromatic carbocycles. The molecule has 1 N–H and O–H groups in total. The van der Waals surface area contributed by atoms with Crippen LogP contribution < -0.4 is 0 Å². The van der Waals surface area contributed by atoms with Gasteiger partial charge in [0.25, 0.3) is 0 Å². The molecule has 94 valence electrons. The van der Waals surface area contributed by atoms with Gasteiger partial charge in [-0.25, -0.2) is 0 Å². The second-order valence-electron chi connectivity index (χ2n) is 4.90. The Hall–Kier alpha value is -1.32. The summed E-state index contributed by atoms with van der Waals surface area (Å²) < 4.78 is 5.61. The van der Waals surface area contributed by atoms with Gasteiger partial charge in [0.1, 0.15) is 5.60 Å². The molecule has 2 aromatic rings. The average Bonchev–Trinajstić information content (AvgIpc) is 2.95. The quantitative estimate of drug-likeness (QED) is 0.842. The predicted molar refractivity (Wildman–Crippen MR) is 71.2 cm³/mol. The van der Waals surface area contributed by atoms with Gasteiger partial charge < -0.3 is 9.72 Å². The summed E-state index contributed by atoms with van der Waals surface area (Å²) in [7, 11) is 0. The normalized spacial score (nSPS) is 23.7. The summed E-state index contributed by atoms with van der Waals surface area (Å²) in [5.74, 6) is 0.0496. The second kappa shape index (κ2) is 4.11. The van der Waals surface area contributed by atoms with Crippen molar-refractivity contribution in [2.75, 3.05) is 6.61 Å². The van der Waals surface area contributed by atoms with E-state index in [1.54, 1.807) is 12.3 Å². The number of hydrogen-bond acceptors (Lipinski definition) is 2. The number of rotatable bonds is 2. The standard InChI is InChI=1S/C14H14ClNO2/c1-14(5-2-6-18-14)13(17)11-8-16-12-7-9(15)3-4-10(11)12/h3-4,7-8,16H,2,5-6H2,1H3. The summed E-state index contributed by atoms with van der Waals surface area (Å²) in [5.41, 5.74) is 0.896. The Morgan fingerprint density at radius 3 is 3.06 bits per heavy atom. The summed E-state index contributed by atoms with van der Waals surface area (Å²) in [4.78, 5) is 15.6. The molecule has 3 rings (SSSR count). The van der Waals surface area contributed by atoms with Crippen molar-refractivity contribution in [3.63, 3.8) is 0 Å². The molecule has 0 spiro atoms. The van der Waals surface area contributed by atoms with Gasteiger partial charge in [-0.05, 0) is 31.9 Å². The molecule has 0 radical (unpaired) electrons. The van der Waals surface area contributed by atoms with Crippen molar-refractivity contribution >= 4 is 28.3 Å². The van der Waals surface area contributed by atoms with Crippen LogP contribution in [0.4, 0.5) is 0 Å². The molecule has 0 saturated carbocycles. The number of ether oxygens (including phenoxy) is 1. The molecule has 1 unspecified atom stereocenters. The topological polar surface area (TPSA) is 42.1 Å². The number of fused-ring (bicyclic) bond motifs is 1. The van der Waals surface area contributed by atoms with E-state index >= 15 is 0 Å². The van der Waals surface area contributed by atoms with Crippen molar-refractivity contribution in [1.29, 1.82) is 0 Å². The molecular formula is C14H14ClNO2. The number of hydrogen-bond donors (Lipinski definition) is 1. The lowest BCUT2D eigenvalue weighted by atomic mass is 9.92. The highest BCUT2D eigenvalue weighted by Gasteiger charge is 2.39. The molecule has 1 aromatic heterocycles. The first kappa shape index (κ1) is 11.8. The number of carbonyl (C=O) groups is 1. The lowest BCUT2D eigenvalue weighted by Crippen LogP contribution is -2.34. The molecule has 1 aliphatic rings. The van der Waals surface area contributed by atoms with Crippen LogP contribution in [0.3, 0.4) is 0 Å². The van der Waals surface area contributed by atoms with Crippen LogP contribution >= 0.6 is 11.6 Å². The van der Waals surface area contributed by atoms with E-state index in [0.29, 0.717) is 17.2 Å². The molecule has 18 heavy (non-hydrogen) atoms. The highest BCUT2D eigenvalue weighted by Crippen LogP contribution is 2.32. The summed E-state index contributed by atoms with van der Waals surface area (Å²) in [6, 6.07) is 5.50. The number of aromatic amines is 1. The Kier molecular flexibility index (Phi) is 2.68. The fourth-order valence-electron chi connectivity index (χ4n) is 2.53. The fourth-order valence-corrected chi connectivity index (χ4v) is 2.70. The van der Waals surface area contributed by atoms with E-state index in [0.717, 1.165) is 23.7 Å². The number of H-pyrrole nitrogens is 1. The first-order chi connectivity index (χ1) is 8.60. The Bertz CT molecular complexity index is 611. The first-order valence-electron chi connectivity index (χ1n) is 6.05. The Morgan fingerprint density at radius 2 is 2.33 bits per heavy atom. The zero-order valence-corrected chi connectivity index (χ0v) is 10.9. The molecule has 0 amide bonds. The van der Waals surface area contributed by atoms with Crippen LogP contribution in [0.2, 0.25) is 5.02 Å². The summed E-state index contributed by atoms with van der Waals surface area (Å²) in [5, 5.41) is 1.56. The van der Waals surface area contributed by atoms with Gasteiger partial charge >= 0.3 is 0 Å². The average molecular weight is 264 g/mol. The molecule has 1 aliphatic heterocycles. The van der Waals surface area contributed by atoms with Gasteiger partial charge in [-0.2, -0.15) is 0 Å². The maximum absolute atomic E-state index is 12.6. The molecule has 2 heterocycles. The van der Waals surface area contributed by atoms with Crippen LogP contribution in [-0.2, 0) is 4.74 Å². The maximum Gasteiger partial charge on any atom is 0.196 e. The van der Waals surface area contributed by atoms with E-state index in [-0.39, 0.29) is 5.78 Å². The van der Waals surface area contributed by atoms with Gasteiger partial charge in [-0.3, -0.25) is 4.79 Å². The van der Waals surface area contributed by atoms with Gasteiger partial charge in [-0.15, -0.1) is 0 Å².